The number of fused-ring (bicyclic) bond motifs is 8. The van der Waals surface area contributed by atoms with Gasteiger partial charge in [0.2, 0.25) is 0 Å². The third kappa shape index (κ3) is 7.16. The minimum atomic E-state index is -0.762. The molecule has 0 atom stereocenters. The van der Waals surface area contributed by atoms with Crippen molar-refractivity contribution in [3.63, 3.8) is 0 Å². The van der Waals surface area contributed by atoms with Crippen molar-refractivity contribution in [1.29, 1.82) is 0 Å². The summed E-state index contributed by atoms with van der Waals surface area (Å²) in [5, 5.41) is 0. The molecule has 2 heterocycles. The summed E-state index contributed by atoms with van der Waals surface area (Å²) in [4.78, 5) is 7.07. The van der Waals surface area contributed by atoms with E-state index in [1.54, 1.807) is 0 Å². The quantitative estimate of drug-likeness (QED) is 0.144. The van der Waals surface area contributed by atoms with E-state index in [9.17, 15) is 0 Å². The molecule has 2 aliphatic heterocycles. The molecule has 0 unspecified atom stereocenters. The molecule has 4 nitrogen and oxygen atoms in total. The van der Waals surface area contributed by atoms with Crippen molar-refractivity contribution in [3.05, 3.63) is 307 Å². The van der Waals surface area contributed by atoms with Gasteiger partial charge in [-0.15, -0.1) is 0 Å². The second kappa shape index (κ2) is 17.6. The van der Waals surface area contributed by atoms with Crippen molar-refractivity contribution < 1.29 is 4.74 Å². The molecular formula is C67H47N3O. The second-order valence-electron chi connectivity index (χ2n) is 18.1. The highest BCUT2D eigenvalue weighted by molar-refractivity contribution is 5.94. The Hall–Kier alpha value is -9.38. The van der Waals surface area contributed by atoms with Crippen LogP contribution in [0.25, 0.3) is 22.3 Å². The first-order chi connectivity index (χ1) is 35.2. The lowest BCUT2D eigenvalue weighted by atomic mass is 9.60. The molecule has 0 saturated heterocycles. The number of nitrogens with zero attached hydrogens (tertiary/aromatic N) is 3. The molecule has 0 N–H and O–H groups in total. The van der Waals surface area contributed by atoms with Gasteiger partial charge in [0.25, 0.3) is 0 Å². The van der Waals surface area contributed by atoms with Gasteiger partial charge < -0.3 is 19.4 Å². The van der Waals surface area contributed by atoms with Gasteiger partial charge in [0.1, 0.15) is 11.5 Å². The van der Waals surface area contributed by atoms with Gasteiger partial charge in [0.15, 0.2) is 0 Å². The van der Waals surface area contributed by atoms with E-state index < -0.39 is 5.41 Å². The predicted octanol–water partition coefficient (Wildman–Crippen LogP) is 18.2. The summed E-state index contributed by atoms with van der Waals surface area (Å²) in [6.07, 6.45) is 0. The Morgan fingerprint density at radius 2 is 0.577 bits per heavy atom. The Morgan fingerprint density at radius 1 is 0.268 bits per heavy atom. The Morgan fingerprint density at radius 3 is 0.958 bits per heavy atom. The Kier molecular flexibility index (Phi) is 10.4. The first kappa shape index (κ1) is 41.8. The fourth-order valence-corrected chi connectivity index (χ4v) is 10.9. The average molecular weight is 910 g/mol. The zero-order valence-electron chi connectivity index (χ0n) is 38.9. The molecule has 0 saturated carbocycles. The zero-order chi connectivity index (χ0) is 47.1. The molecule has 336 valence electrons. The largest absolute Gasteiger partial charge is 0.457 e. The Labute approximate surface area is 415 Å². The highest BCUT2D eigenvalue weighted by atomic mass is 16.5. The summed E-state index contributed by atoms with van der Waals surface area (Å²) >= 11 is 0. The van der Waals surface area contributed by atoms with Crippen molar-refractivity contribution in [2.24, 2.45) is 0 Å². The standard InChI is InChI=1S/C67H47N3O/c1-6-20-52(21-7-1)68(53-22-8-2-9-23-53)57-40-34-48(35-41-57)50-38-44-63-61(46-50)67(59-30-16-18-32-65(59)71-66-33-19-17-31-60(66)67)62-47-51(39-45-64(62)70(63)56-28-14-5-15-29-56)49-36-42-58(43-37-49)69(54-24-10-3-11-25-54)55-26-12-4-13-27-55/h1-47H. The van der Waals surface area contributed by atoms with Crippen LogP contribution in [0.3, 0.4) is 0 Å². The van der Waals surface area contributed by atoms with E-state index in [0.717, 1.165) is 96.1 Å². The van der Waals surface area contributed by atoms with Crippen LogP contribution < -0.4 is 19.4 Å². The highest BCUT2D eigenvalue weighted by Gasteiger charge is 2.51. The van der Waals surface area contributed by atoms with E-state index in [4.69, 9.17) is 4.74 Å². The number of ether oxygens (including phenoxy) is 1. The molecule has 0 aliphatic carbocycles. The summed E-state index contributed by atoms with van der Waals surface area (Å²) in [5.74, 6) is 1.70. The molecule has 0 bridgehead atoms. The maximum atomic E-state index is 6.87. The van der Waals surface area contributed by atoms with Crippen molar-refractivity contribution >= 4 is 51.2 Å². The second-order valence-corrected chi connectivity index (χ2v) is 18.1. The lowest BCUT2D eigenvalue weighted by Gasteiger charge is -2.49. The van der Waals surface area contributed by atoms with Crippen molar-refractivity contribution in [2.75, 3.05) is 14.7 Å². The highest BCUT2D eigenvalue weighted by Crippen LogP contribution is 2.63. The van der Waals surface area contributed by atoms with Gasteiger partial charge in [-0.25, -0.2) is 0 Å². The van der Waals surface area contributed by atoms with E-state index in [0.29, 0.717) is 0 Å². The molecule has 2 aliphatic rings. The van der Waals surface area contributed by atoms with E-state index in [2.05, 4.69) is 300 Å². The molecule has 13 rings (SSSR count). The Balaban J connectivity index is 1.01. The molecule has 0 radical (unpaired) electrons. The molecule has 11 aromatic carbocycles. The average Bonchev–Trinajstić information content (AvgIpc) is 3.45. The van der Waals surface area contributed by atoms with Crippen LogP contribution in [0.5, 0.6) is 11.5 Å². The van der Waals surface area contributed by atoms with Crippen LogP contribution >= 0.6 is 0 Å². The zero-order valence-corrected chi connectivity index (χ0v) is 38.9. The number of hydrogen-bond acceptors (Lipinski definition) is 4. The topological polar surface area (TPSA) is 19.0 Å². The van der Waals surface area contributed by atoms with Gasteiger partial charge in [-0.1, -0.05) is 164 Å². The number of benzene rings is 11. The SMILES string of the molecule is c1ccc(N(c2ccccc2)c2ccc(-c3ccc4c(c3)C3(c5ccccc5Oc5ccccc53)c3cc(-c5ccc(N(c6ccccc6)c6ccccc6)cc5)ccc3N4c3ccccc3)cc2)cc1. The van der Waals surface area contributed by atoms with Gasteiger partial charge >= 0.3 is 0 Å². The normalized spacial score (nSPS) is 12.7. The summed E-state index contributed by atoms with van der Waals surface area (Å²) < 4.78 is 6.87. The van der Waals surface area contributed by atoms with Crippen LogP contribution in [-0.4, -0.2) is 0 Å². The molecule has 4 heteroatoms. The monoisotopic (exact) mass is 909 g/mol. The summed E-state index contributed by atoms with van der Waals surface area (Å²) in [6, 6.07) is 102. The first-order valence-corrected chi connectivity index (χ1v) is 24.2. The fourth-order valence-electron chi connectivity index (χ4n) is 10.9. The predicted molar refractivity (Wildman–Crippen MR) is 293 cm³/mol. The van der Waals surface area contributed by atoms with Gasteiger partial charge in [-0.2, -0.15) is 0 Å². The molecule has 1 spiro atoms. The minimum Gasteiger partial charge on any atom is -0.457 e. The fraction of sp³-hybridized carbons (Fsp3) is 0.0149. The van der Waals surface area contributed by atoms with Crippen LogP contribution in [0.15, 0.2) is 285 Å². The lowest BCUT2D eigenvalue weighted by Crippen LogP contribution is -2.39. The van der Waals surface area contributed by atoms with Gasteiger partial charge in [-0.3, -0.25) is 0 Å². The smallest absolute Gasteiger partial charge is 0.132 e. The molecule has 0 aromatic heterocycles. The van der Waals surface area contributed by atoms with Crippen molar-refractivity contribution in [3.8, 4) is 33.8 Å². The Bertz CT molecular complexity index is 3350. The van der Waals surface area contributed by atoms with E-state index in [1.807, 2.05) is 0 Å². The number of hydrogen-bond donors (Lipinski definition) is 0. The van der Waals surface area contributed by atoms with E-state index >= 15 is 0 Å². The summed E-state index contributed by atoms with van der Waals surface area (Å²) in [6.45, 7) is 0. The van der Waals surface area contributed by atoms with Crippen LogP contribution in [-0.2, 0) is 5.41 Å². The molecule has 0 fully saturated rings. The lowest BCUT2D eigenvalue weighted by molar-refractivity contribution is 0.434. The van der Waals surface area contributed by atoms with Gasteiger partial charge in [0, 0.05) is 50.9 Å². The van der Waals surface area contributed by atoms with Crippen LogP contribution in [0.2, 0.25) is 0 Å². The number of para-hydroxylation sites is 7. The van der Waals surface area contributed by atoms with Crippen LogP contribution in [0, 0.1) is 0 Å². The van der Waals surface area contributed by atoms with Gasteiger partial charge in [-0.05, 0) is 155 Å². The summed E-state index contributed by atoms with van der Waals surface area (Å²) in [7, 11) is 0. The van der Waals surface area contributed by atoms with Crippen LogP contribution in [0.4, 0.5) is 51.2 Å². The third-order valence-electron chi connectivity index (χ3n) is 14.1. The van der Waals surface area contributed by atoms with Crippen molar-refractivity contribution in [1.82, 2.24) is 0 Å². The van der Waals surface area contributed by atoms with Gasteiger partial charge in [0.05, 0.1) is 16.8 Å². The van der Waals surface area contributed by atoms with Crippen molar-refractivity contribution in [2.45, 2.75) is 5.41 Å². The van der Waals surface area contributed by atoms with Crippen LogP contribution in [0.1, 0.15) is 22.3 Å². The van der Waals surface area contributed by atoms with E-state index in [-0.39, 0.29) is 0 Å². The minimum absolute atomic E-state index is 0.762. The van der Waals surface area contributed by atoms with E-state index in [1.165, 1.54) is 11.1 Å². The molecular weight excluding hydrogens is 863 g/mol. The third-order valence-corrected chi connectivity index (χ3v) is 14.1. The molecule has 11 aromatic rings. The molecule has 0 amide bonds. The maximum absolute atomic E-state index is 6.87. The molecule has 71 heavy (non-hydrogen) atoms. The maximum Gasteiger partial charge on any atom is 0.132 e. The first-order valence-electron chi connectivity index (χ1n) is 24.2. The summed E-state index contributed by atoms with van der Waals surface area (Å²) in [5.41, 5.74) is 18.3. The number of rotatable bonds is 9. The number of anilines is 9.